The number of aryl methyl sites for hydroxylation is 1. The van der Waals surface area contributed by atoms with Crippen LogP contribution in [-0.4, -0.2) is 45.4 Å². The minimum absolute atomic E-state index is 0.00808. The van der Waals surface area contributed by atoms with Crippen molar-refractivity contribution >= 4 is 28.5 Å². The lowest BCUT2D eigenvalue weighted by Gasteiger charge is -2.09. The van der Waals surface area contributed by atoms with Gasteiger partial charge in [0.05, 0.1) is 23.6 Å². The van der Waals surface area contributed by atoms with Crippen LogP contribution in [0.5, 0.6) is 0 Å². The number of alkyl halides is 1. The van der Waals surface area contributed by atoms with Gasteiger partial charge in [-0.2, -0.15) is 5.10 Å². The summed E-state index contributed by atoms with van der Waals surface area (Å²) in [5.74, 6) is 0.786. The zero-order valence-corrected chi connectivity index (χ0v) is 11.2. The molecule has 18 heavy (non-hydrogen) atoms. The van der Waals surface area contributed by atoms with Crippen LogP contribution in [0.2, 0.25) is 0 Å². The largest absolute Gasteiger partial charge is 0.383 e. The highest BCUT2D eigenvalue weighted by Crippen LogP contribution is 2.17. The molecule has 2 aromatic heterocycles. The molecule has 1 atom stereocenters. The van der Waals surface area contributed by atoms with E-state index >= 15 is 0 Å². The number of fused-ring (bicyclic) bond motifs is 1. The Morgan fingerprint density at radius 2 is 2.33 bits per heavy atom. The van der Waals surface area contributed by atoms with Gasteiger partial charge < -0.3 is 10.1 Å². The van der Waals surface area contributed by atoms with E-state index in [4.69, 9.17) is 16.3 Å². The zero-order chi connectivity index (χ0) is 13.0. The molecule has 0 radical (unpaired) electrons. The van der Waals surface area contributed by atoms with Crippen molar-refractivity contribution in [2.45, 2.75) is 11.8 Å². The summed E-state index contributed by atoms with van der Waals surface area (Å²) in [4.78, 5) is 8.39. The molecular formula is C11H16ClN5O. The maximum Gasteiger partial charge on any atom is 0.163 e. The first-order chi connectivity index (χ1) is 8.72. The lowest BCUT2D eigenvalue weighted by molar-refractivity contribution is 0.196. The molecule has 1 N–H and O–H groups in total. The number of nitrogens with zero attached hydrogens (tertiary/aromatic N) is 4. The molecule has 6 nitrogen and oxygen atoms in total. The van der Waals surface area contributed by atoms with E-state index < -0.39 is 0 Å². The third-order valence-electron chi connectivity index (χ3n) is 2.63. The molecule has 0 bridgehead atoms. The van der Waals surface area contributed by atoms with Gasteiger partial charge in [0.1, 0.15) is 12.1 Å². The summed E-state index contributed by atoms with van der Waals surface area (Å²) in [5, 5.41) is 8.33. The first-order valence-electron chi connectivity index (χ1n) is 5.72. The van der Waals surface area contributed by atoms with Crippen LogP contribution in [0.3, 0.4) is 0 Å². The minimum Gasteiger partial charge on any atom is -0.383 e. The molecule has 7 heteroatoms. The Kier molecular flexibility index (Phi) is 4.33. The Morgan fingerprint density at radius 1 is 1.50 bits per heavy atom. The van der Waals surface area contributed by atoms with E-state index in [1.54, 1.807) is 18.0 Å². The smallest absolute Gasteiger partial charge is 0.163 e. The van der Waals surface area contributed by atoms with Gasteiger partial charge in [0, 0.05) is 20.7 Å². The summed E-state index contributed by atoms with van der Waals surface area (Å²) in [7, 11) is 3.50. The van der Waals surface area contributed by atoms with Gasteiger partial charge in [0.25, 0.3) is 0 Å². The van der Waals surface area contributed by atoms with E-state index in [1.807, 2.05) is 7.05 Å². The minimum atomic E-state index is 0.00808. The number of halogens is 1. The number of hydrogen-bond acceptors (Lipinski definition) is 5. The summed E-state index contributed by atoms with van der Waals surface area (Å²) < 4.78 is 6.70. The van der Waals surface area contributed by atoms with Crippen molar-refractivity contribution in [2.24, 2.45) is 7.05 Å². The summed E-state index contributed by atoms with van der Waals surface area (Å²) in [5.41, 5.74) is 0.812. The van der Waals surface area contributed by atoms with Gasteiger partial charge in [0.2, 0.25) is 0 Å². The van der Waals surface area contributed by atoms with Gasteiger partial charge in [-0.05, 0) is 6.42 Å². The van der Waals surface area contributed by atoms with Crippen LogP contribution in [0.4, 0.5) is 5.82 Å². The third kappa shape index (κ3) is 2.88. The fourth-order valence-corrected chi connectivity index (χ4v) is 1.95. The van der Waals surface area contributed by atoms with Crippen molar-refractivity contribution in [2.75, 3.05) is 25.6 Å². The van der Waals surface area contributed by atoms with Crippen LogP contribution < -0.4 is 5.32 Å². The molecule has 0 fully saturated rings. The molecule has 0 amide bonds. The van der Waals surface area contributed by atoms with E-state index in [1.165, 1.54) is 6.33 Å². The molecule has 1 unspecified atom stereocenters. The highest BCUT2D eigenvalue weighted by Gasteiger charge is 2.08. The number of methoxy groups -OCH3 is 1. The van der Waals surface area contributed by atoms with Gasteiger partial charge in [-0.1, -0.05) is 0 Å². The molecule has 2 aromatic rings. The van der Waals surface area contributed by atoms with Crippen LogP contribution in [0, 0.1) is 0 Å². The average molecular weight is 270 g/mol. The molecule has 0 aliphatic heterocycles. The van der Waals surface area contributed by atoms with E-state index in [-0.39, 0.29) is 5.38 Å². The Bertz CT molecular complexity index is 515. The molecule has 0 saturated heterocycles. The molecule has 0 aromatic carbocycles. The Hall–Kier alpha value is -1.40. The molecule has 0 spiro atoms. The number of nitrogens with one attached hydrogen (secondary N) is 1. The monoisotopic (exact) mass is 269 g/mol. The van der Waals surface area contributed by atoms with Crippen LogP contribution in [0.15, 0.2) is 12.5 Å². The maximum absolute atomic E-state index is 6.06. The molecular weight excluding hydrogens is 254 g/mol. The van der Waals surface area contributed by atoms with Crippen LogP contribution >= 0.6 is 11.6 Å². The van der Waals surface area contributed by atoms with Gasteiger partial charge in [-0.3, -0.25) is 4.68 Å². The number of ether oxygens (including phenoxy) is 1. The first kappa shape index (κ1) is 13.0. The Morgan fingerprint density at radius 3 is 3.11 bits per heavy atom. The third-order valence-corrected chi connectivity index (χ3v) is 2.97. The predicted molar refractivity (Wildman–Crippen MR) is 70.9 cm³/mol. The van der Waals surface area contributed by atoms with Gasteiger partial charge in [-0.25, -0.2) is 9.97 Å². The number of aromatic nitrogens is 4. The van der Waals surface area contributed by atoms with Crippen LogP contribution in [0.1, 0.15) is 6.42 Å². The molecule has 0 saturated carbocycles. The van der Waals surface area contributed by atoms with Crippen molar-refractivity contribution in [3.63, 3.8) is 0 Å². The summed E-state index contributed by atoms with van der Waals surface area (Å²) in [6.07, 6.45) is 4.09. The van der Waals surface area contributed by atoms with Crippen LogP contribution in [0.25, 0.3) is 11.0 Å². The standard InChI is InChI=1S/C11H16ClN5O/c1-17-11-9(5-16-17)10(14-7-15-11)13-4-3-8(12)6-18-2/h5,7-8H,3-4,6H2,1-2H3,(H,13,14,15). The van der Waals surface area contributed by atoms with Crippen molar-refractivity contribution < 1.29 is 4.74 Å². The summed E-state index contributed by atoms with van der Waals surface area (Å²) >= 11 is 6.06. The van der Waals surface area contributed by atoms with E-state index in [2.05, 4.69) is 20.4 Å². The van der Waals surface area contributed by atoms with E-state index in [9.17, 15) is 0 Å². The maximum atomic E-state index is 6.06. The fourth-order valence-electron chi connectivity index (χ4n) is 1.71. The topological polar surface area (TPSA) is 64.9 Å². The van der Waals surface area contributed by atoms with Crippen molar-refractivity contribution in [1.82, 2.24) is 19.7 Å². The second-order valence-electron chi connectivity index (χ2n) is 4.00. The highest BCUT2D eigenvalue weighted by molar-refractivity contribution is 6.20. The molecule has 98 valence electrons. The highest BCUT2D eigenvalue weighted by atomic mass is 35.5. The molecule has 0 aliphatic rings. The Balaban J connectivity index is 1.99. The molecule has 2 rings (SSSR count). The Labute approximate surface area is 110 Å². The van der Waals surface area contributed by atoms with Crippen molar-refractivity contribution in [3.8, 4) is 0 Å². The fraction of sp³-hybridized carbons (Fsp3) is 0.545. The normalized spacial score (nSPS) is 12.8. The number of rotatable bonds is 6. The number of hydrogen-bond donors (Lipinski definition) is 1. The molecule has 0 aliphatic carbocycles. The number of anilines is 1. The second-order valence-corrected chi connectivity index (χ2v) is 4.61. The second kappa shape index (κ2) is 5.97. The predicted octanol–water partition coefficient (Wildman–Crippen LogP) is 1.42. The first-order valence-corrected chi connectivity index (χ1v) is 6.15. The van der Waals surface area contributed by atoms with Crippen molar-refractivity contribution in [1.29, 1.82) is 0 Å². The summed E-state index contributed by atoms with van der Waals surface area (Å²) in [6.45, 7) is 1.29. The average Bonchev–Trinajstić information content (AvgIpc) is 2.73. The van der Waals surface area contributed by atoms with Gasteiger partial charge >= 0.3 is 0 Å². The van der Waals surface area contributed by atoms with Crippen molar-refractivity contribution in [3.05, 3.63) is 12.5 Å². The van der Waals surface area contributed by atoms with Gasteiger partial charge in [-0.15, -0.1) is 11.6 Å². The zero-order valence-electron chi connectivity index (χ0n) is 10.4. The van der Waals surface area contributed by atoms with Crippen LogP contribution in [-0.2, 0) is 11.8 Å². The van der Waals surface area contributed by atoms with E-state index in [0.717, 1.165) is 29.8 Å². The lowest BCUT2D eigenvalue weighted by atomic mass is 10.3. The summed E-state index contributed by atoms with van der Waals surface area (Å²) in [6, 6.07) is 0. The van der Waals surface area contributed by atoms with Gasteiger partial charge in [0.15, 0.2) is 5.65 Å². The quantitative estimate of drug-likeness (QED) is 0.804. The van der Waals surface area contributed by atoms with E-state index in [0.29, 0.717) is 6.61 Å². The molecule has 2 heterocycles. The lowest BCUT2D eigenvalue weighted by Crippen LogP contribution is -2.14. The SMILES string of the molecule is COCC(Cl)CCNc1ncnc2c1cnn2C.